The molecule has 0 saturated carbocycles. The molecule has 0 unspecified atom stereocenters. The molecule has 2 aliphatic heterocycles. The molecule has 7 heteroatoms. The lowest BCUT2D eigenvalue weighted by Crippen LogP contribution is -2.61. The minimum absolute atomic E-state index is 0.266. The molecule has 0 amide bonds. The number of anilines is 6. The van der Waals surface area contributed by atoms with E-state index in [0.717, 1.165) is 39.1 Å². The molecule has 0 bridgehead atoms. The average molecular weight is 969 g/mol. The highest BCUT2D eigenvalue weighted by Crippen LogP contribution is 2.58. The van der Waals surface area contributed by atoms with Crippen LogP contribution in [0.25, 0.3) is 44.5 Å². The van der Waals surface area contributed by atoms with Gasteiger partial charge >= 0.3 is 6.36 Å². The van der Waals surface area contributed by atoms with E-state index >= 15 is 13.2 Å². The second-order valence-corrected chi connectivity index (χ2v) is 23.6. The van der Waals surface area contributed by atoms with Crippen LogP contribution in [-0.4, -0.2) is 13.1 Å². The molecular formula is C67H52BF3N2O. The predicted molar refractivity (Wildman–Crippen MR) is 297 cm³/mol. The molecule has 0 aromatic heterocycles. The molecule has 4 aliphatic carbocycles. The largest absolute Gasteiger partial charge is 0.573 e. The third-order valence-electron chi connectivity index (χ3n) is 18.3. The first-order chi connectivity index (χ1) is 35.3. The molecule has 74 heavy (non-hydrogen) atoms. The number of alkyl halides is 3. The topological polar surface area (TPSA) is 15.7 Å². The van der Waals surface area contributed by atoms with E-state index in [1.54, 1.807) is 12.1 Å². The van der Waals surface area contributed by atoms with E-state index in [1.165, 1.54) is 89.0 Å². The number of halogens is 3. The van der Waals surface area contributed by atoms with Gasteiger partial charge in [0.1, 0.15) is 5.75 Å². The molecule has 0 N–H and O–H groups in total. The van der Waals surface area contributed by atoms with Gasteiger partial charge in [-0.25, -0.2) is 0 Å². The maximum Gasteiger partial charge on any atom is 0.573 e. The van der Waals surface area contributed by atoms with Gasteiger partial charge in [0.05, 0.1) is 0 Å². The summed E-state index contributed by atoms with van der Waals surface area (Å²) in [6.07, 6.45) is -4.95. The van der Waals surface area contributed by atoms with E-state index in [1.807, 2.05) is 0 Å². The first kappa shape index (κ1) is 43.8. The Balaban J connectivity index is 1.07. The number of hydrogen-bond donors (Lipinski definition) is 0. The fraction of sp³-hybridized carbons (Fsp3) is 0.194. The Kier molecular flexibility index (Phi) is 8.33. The van der Waals surface area contributed by atoms with Gasteiger partial charge in [0, 0.05) is 67.9 Å². The van der Waals surface area contributed by atoms with Gasteiger partial charge in [-0.15, -0.1) is 13.2 Å². The third kappa shape index (κ3) is 5.54. The lowest BCUT2D eigenvalue weighted by Gasteiger charge is -2.45. The van der Waals surface area contributed by atoms with Gasteiger partial charge in [-0.2, -0.15) is 0 Å². The number of benzene rings is 9. The van der Waals surface area contributed by atoms with Gasteiger partial charge in [-0.3, -0.25) is 0 Å². The van der Waals surface area contributed by atoms with Crippen molar-refractivity contribution in [1.82, 2.24) is 0 Å². The fourth-order valence-electron chi connectivity index (χ4n) is 14.8. The van der Waals surface area contributed by atoms with Crippen molar-refractivity contribution in [1.29, 1.82) is 0 Å². The minimum Gasteiger partial charge on any atom is -0.406 e. The SMILES string of the molecule is CC1(C)c2ccccc2-c2ccc(N3c4cc5c(cc4B4c6cc7c(cc6N(c6ccc8c(c6)C(C)(C)c6ccccc6-8)c6cc(OC(F)(F)F)cc3c64)C(C)(C)c3ccccc3-7)-c3ccccc3C5(C)C)cc21. The van der Waals surface area contributed by atoms with Crippen molar-refractivity contribution in [3.8, 4) is 50.3 Å². The number of rotatable bonds is 3. The Labute approximate surface area is 431 Å². The van der Waals surface area contributed by atoms with Crippen LogP contribution in [-0.2, 0) is 21.7 Å². The summed E-state index contributed by atoms with van der Waals surface area (Å²) in [5.74, 6) is -0.266. The Morgan fingerprint density at radius 1 is 0.351 bits per heavy atom. The maximum absolute atomic E-state index is 15.0. The molecule has 6 aliphatic rings. The van der Waals surface area contributed by atoms with Gasteiger partial charge in [-0.05, 0) is 142 Å². The number of nitrogens with zero attached hydrogens (tertiary/aromatic N) is 2. The van der Waals surface area contributed by atoms with Crippen molar-refractivity contribution < 1.29 is 17.9 Å². The average Bonchev–Trinajstić information content (AvgIpc) is 4.01. The molecule has 15 rings (SSSR count). The second-order valence-electron chi connectivity index (χ2n) is 23.6. The molecule has 9 aromatic carbocycles. The Hall–Kier alpha value is -7.77. The zero-order chi connectivity index (χ0) is 50.7. The van der Waals surface area contributed by atoms with Crippen LogP contribution in [0.4, 0.5) is 47.3 Å². The van der Waals surface area contributed by atoms with Gasteiger partial charge < -0.3 is 14.5 Å². The molecule has 0 radical (unpaired) electrons. The molecule has 0 fully saturated rings. The van der Waals surface area contributed by atoms with Crippen LogP contribution in [0.2, 0.25) is 0 Å². The molecular weight excluding hydrogens is 917 g/mol. The van der Waals surface area contributed by atoms with Gasteiger partial charge in [-0.1, -0.05) is 177 Å². The highest BCUT2D eigenvalue weighted by Gasteiger charge is 2.49. The predicted octanol–water partition coefficient (Wildman–Crippen LogP) is 15.9. The van der Waals surface area contributed by atoms with Crippen molar-refractivity contribution in [2.75, 3.05) is 9.80 Å². The monoisotopic (exact) mass is 968 g/mol. The number of ether oxygens (including phenoxy) is 1. The van der Waals surface area contributed by atoms with Crippen LogP contribution in [0.1, 0.15) is 99.9 Å². The molecule has 0 saturated heterocycles. The van der Waals surface area contributed by atoms with Crippen molar-refractivity contribution in [2.45, 2.75) is 83.4 Å². The molecule has 3 nitrogen and oxygen atoms in total. The van der Waals surface area contributed by atoms with E-state index in [2.05, 4.69) is 223 Å². The molecule has 360 valence electrons. The lowest BCUT2D eigenvalue weighted by atomic mass is 9.33. The lowest BCUT2D eigenvalue weighted by molar-refractivity contribution is -0.274. The van der Waals surface area contributed by atoms with E-state index in [9.17, 15) is 0 Å². The standard InChI is InChI=1S/C67H52BF3N2O/c1-63(2)48-21-13-9-17-40(48)44-27-25-37(29-52(44)63)72-58-35-54-46(42-19-11-15-23-50(42)65(54,5)6)33-56(58)68-57-34-47-43-20-12-16-24-51(43)66(7,8)55(47)36-59(57)73(61-32-39(74-67(69,70)71)31-60(72)62(61)68)38-26-28-45-41-18-10-14-22-49(41)64(3,4)53(45)30-38/h9-36H,1-8H3. The summed E-state index contributed by atoms with van der Waals surface area (Å²) in [6, 6.07) is 60.9. The van der Waals surface area contributed by atoms with Crippen LogP contribution in [0, 0.1) is 0 Å². The smallest absolute Gasteiger partial charge is 0.406 e. The maximum atomic E-state index is 15.0. The summed E-state index contributed by atoms with van der Waals surface area (Å²) in [5, 5.41) is 0. The van der Waals surface area contributed by atoms with E-state index in [4.69, 9.17) is 4.74 Å². The van der Waals surface area contributed by atoms with Crippen LogP contribution in [0.15, 0.2) is 170 Å². The highest BCUT2D eigenvalue weighted by molar-refractivity contribution is 7.00. The van der Waals surface area contributed by atoms with Gasteiger partial charge in [0.15, 0.2) is 0 Å². The fourth-order valence-corrected chi connectivity index (χ4v) is 14.8. The van der Waals surface area contributed by atoms with E-state index in [-0.39, 0.29) is 34.1 Å². The van der Waals surface area contributed by atoms with Crippen molar-refractivity contribution in [3.63, 3.8) is 0 Å². The summed E-state index contributed by atoms with van der Waals surface area (Å²) < 4.78 is 50.2. The Morgan fingerprint density at radius 2 is 0.676 bits per heavy atom. The molecule has 2 heterocycles. The molecule has 0 atom stereocenters. The number of fused-ring (bicyclic) bond motifs is 16. The molecule has 9 aromatic rings. The van der Waals surface area contributed by atoms with Crippen molar-refractivity contribution in [3.05, 3.63) is 214 Å². The van der Waals surface area contributed by atoms with Crippen LogP contribution in [0.3, 0.4) is 0 Å². The van der Waals surface area contributed by atoms with Crippen LogP contribution < -0.4 is 30.9 Å². The summed E-state index contributed by atoms with van der Waals surface area (Å²) in [5.41, 5.74) is 26.1. The summed E-state index contributed by atoms with van der Waals surface area (Å²) >= 11 is 0. The summed E-state index contributed by atoms with van der Waals surface area (Å²) in [7, 11) is 0. The zero-order valence-corrected chi connectivity index (χ0v) is 42.7. The normalized spacial score (nSPS) is 17.2. The van der Waals surface area contributed by atoms with Crippen LogP contribution >= 0.6 is 0 Å². The zero-order valence-electron chi connectivity index (χ0n) is 42.7. The van der Waals surface area contributed by atoms with Crippen LogP contribution in [0.5, 0.6) is 5.75 Å². The highest BCUT2D eigenvalue weighted by atomic mass is 19.4. The first-order valence-corrected chi connectivity index (χ1v) is 25.9. The van der Waals surface area contributed by atoms with Crippen molar-refractivity contribution in [2.24, 2.45) is 0 Å². The Morgan fingerprint density at radius 3 is 1.04 bits per heavy atom. The van der Waals surface area contributed by atoms with Gasteiger partial charge in [0.2, 0.25) is 0 Å². The third-order valence-corrected chi connectivity index (χ3v) is 18.3. The van der Waals surface area contributed by atoms with E-state index in [0.29, 0.717) is 11.4 Å². The minimum atomic E-state index is -4.95. The van der Waals surface area contributed by atoms with E-state index < -0.39 is 6.36 Å². The van der Waals surface area contributed by atoms with Gasteiger partial charge in [0.25, 0.3) is 6.71 Å². The molecule has 0 spiro atoms. The van der Waals surface area contributed by atoms with Crippen molar-refractivity contribution >= 4 is 57.2 Å². The summed E-state index contributed by atoms with van der Waals surface area (Å²) in [6.45, 7) is 17.9. The second kappa shape index (κ2) is 14.1. The summed E-state index contributed by atoms with van der Waals surface area (Å²) in [4.78, 5) is 4.51. The quantitative estimate of drug-likeness (QED) is 0.164. The Bertz CT molecular complexity index is 3780. The first-order valence-electron chi connectivity index (χ1n) is 25.9. The number of hydrogen-bond acceptors (Lipinski definition) is 3.